The lowest BCUT2D eigenvalue weighted by Crippen LogP contribution is -1.98. The van der Waals surface area contributed by atoms with Gasteiger partial charge >= 0.3 is 0 Å². The van der Waals surface area contributed by atoms with Gasteiger partial charge < -0.3 is 4.74 Å². The lowest BCUT2D eigenvalue weighted by Gasteiger charge is -2.07. The molecule has 3 heteroatoms. The van der Waals surface area contributed by atoms with E-state index in [2.05, 4.69) is 22.9 Å². The molecule has 17 heavy (non-hydrogen) atoms. The average Bonchev–Trinajstić information content (AvgIpc) is 2.33. The quantitative estimate of drug-likeness (QED) is 0.481. The molecule has 0 aliphatic rings. The van der Waals surface area contributed by atoms with Crippen molar-refractivity contribution in [3.8, 4) is 5.75 Å². The SMILES string of the molecule is CCCCCCCOc1cc(F)cc(CBr)c1. The van der Waals surface area contributed by atoms with Crippen LogP contribution in [0.15, 0.2) is 18.2 Å². The van der Waals surface area contributed by atoms with Crippen LogP contribution in [-0.4, -0.2) is 6.61 Å². The van der Waals surface area contributed by atoms with Crippen LogP contribution in [0.3, 0.4) is 0 Å². The topological polar surface area (TPSA) is 9.23 Å². The molecule has 1 nitrogen and oxygen atoms in total. The summed E-state index contributed by atoms with van der Waals surface area (Å²) in [5, 5.41) is 0.650. The third-order valence-corrected chi connectivity index (χ3v) is 3.25. The molecule has 0 fully saturated rings. The van der Waals surface area contributed by atoms with Crippen molar-refractivity contribution in [2.75, 3.05) is 6.61 Å². The smallest absolute Gasteiger partial charge is 0.127 e. The molecule has 0 saturated heterocycles. The van der Waals surface area contributed by atoms with Crippen molar-refractivity contribution in [3.05, 3.63) is 29.6 Å². The summed E-state index contributed by atoms with van der Waals surface area (Å²) in [6, 6.07) is 4.84. The van der Waals surface area contributed by atoms with E-state index in [0.717, 1.165) is 12.0 Å². The molecule has 1 aromatic rings. The third-order valence-electron chi connectivity index (χ3n) is 2.60. The van der Waals surface area contributed by atoms with Crippen molar-refractivity contribution < 1.29 is 9.13 Å². The summed E-state index contributed by atoms with van der Waals surface area (Å²) in [4.78, 5) is 0. The third kappa shape index (κ3) is 6.06. The molecule has 0 heterocycles. The van der Waals surface area contributed by atoms with Gasteiger partial charge in [-0.25, -0.2) is 4.39 Å². The second-order valence-electron chi connectivity index (χ2n) is 4.19. The molecule has 0 bridgehead atoms. The van der Waals surface area contributed by atoms with Gasteiger partial charge in [0, 0.05) is 11.4 Å². The standard InChI is InChI=1S/C14H20BrFO/c1-2-3-4-5-6-7-17-14-9-12(11-15)8-13(16)10-14/h8-10H,2-7,11H2,1H3. The fourth-order valence-electron chi connectivity index (χ4n) is 1.68. The molecule has 0 N–H and O–H groups in total. The molecule has 0 unspecified atom stereocenters. The van der Waals surface area contributed by atoms with Gasteiger partial charge in [0.25, 0.3) is 0 Å². The number of unbranched alkanes of at least 4 members (excludes halogenated alkanes) is 4. The van der Waals surface area contributed by atoms with E-state index in [4.69, 9.17) is 4.74 Å². The summed E-state index contributed by atoms with van der Waals surface area (Å²) in [6.07, 6.45) is 6.03. The molecule has 0 aliphatic heterocycles. The fraction of sp³-hybridized carbons (Fsp3) is 0.571. The summed E-state index contributed by atoms with van der Waals surface area (Å²) in [6.45, 7) is 2.87. The minimum absolute atomic E-state index is 0.233. The molecule has 1 rings (SSSR count). The molecule has 0 aliphatic carbocycles. The van der Waals surface area contributed by atoms with Crippen LogP contribution in [0.5, 0.6) is 5.75 Å². The van der Waals surface area contributed by atoms with Crippen LogP contribution in [-0.2, 0) is 5.33 Å². The predicted molar refractivity (Wildman–Crippen MR) is 73.3 cm³/mol. The van der Waals surface area contributed by atoms with Gasteiger partial charge in [-0.1, -0.05) is 48.5 Å². The highest BCUT2D eigenvalue weighted by Gasteiger charge is 2.01. The monoisotopic (exact) mass is 302 g/mol. The van der Waals surface area contributed by atoms with E-state index in [1.165, 1.54) is 37.8 Å². The average molecular weight is 303 g/mol. The normalized spacial score (nSPS) is 10.5. The second kappa shape index (κ2) is 8.51. The molecular formula is C14H20BrFO. The maximum absolute atomic E-state index is 13.2. The van der Waals surface area contributed by atoms with Gasteiger partial charge in [-0.05, 0) is 24.1 Å². The summed E-state index contributed by atoms with van der Waals surface area (Å²) < 4.78 is 18.7. The summed E-state index contributed by atoms with van der Waals surface area (Å²) in [7, 11) is 0. The largest absolute Gasteiger partial charge is 0.493 e. The van der Waals surface area contributed by atoms with E-state index in [1.807, 2.05) is 6.07 Å². The van der Waals surface area contributed by atoms with Gasteiger partial charge in [0.1, 0.15) is 11.6 Å². The molecule has 0 saturated carbocycles. The van der Waals surface area contributed by atoms with Gasteiger partial charge in [0.15, 0.2) is 0 Å². The summed E-state index contributed by atoms with van der Waals surface area (Å²) in [5.41, 5.74) is 0.908. The zero-order valence-corrected chi connectivity index (χ0v) is 11.9. The van der Waals surface area contributed by atoms with E-state index in [1.54, 1.807) is 0 Å². The highest BCUT2D eigenvalue weighted by Crippen LogP contribution is 2.18. The van der Waals surface area contributed by atoms with Gasteiger partial charge in [-0.3, -0.25) is 0 Å². The Labute approximate surface area is 111 Å². The number of halogens is 2. The molecule has 0 spiro atoms. The van der Waals surface area contributed by atoms with E-state index in [9.17, 15) is 4.39 Å². The molecule has 96 valence electrons. The highest BCUT2D eigenvalue weighted by atomic mass is 79.9. The second-order valence-corrected chi connectivity index (χ2v) is 4.75. The zero-order valence-electron chi connectivity index (χ0n) is 10.3. The Bertz CT molecular complexity index is 328. The highest BCUT2D eigenvalue weighted by molar-refractivity contribution is 9.08. The molecule has 0 amide bonds. The van der Waals surface area contributed by atoms with E-state index in [-0.39, 0.29) is 5.82 Å². The van der Waals surface area contributed by atoms with Crippen LogP contribution in [0, 0.1) is 5.82 Å². The first-order chi connectivity index (χ1) is 8.26. The Morgan fingerprint density at radius 3 is 2.59 bits per heavy atom. The van der Waals surface area contributed by atoms with Gasteiger partial charge in [-0.15, -0.1) is 0 Å². The lowest BCUT2D eigenvalue weighted by atomic mass is 10.2. The first-order valence-electron chi connectivity index (χ1n) is 6.24. The Morgan fingerprint density at radius 2 is 1.88 bits per heavy atom. The number of alkyl halides is 1. The van der Waals surface area contributed by atoms with E-state index in [0.29, 0.717) is 17.7 Å². The lowest BCUT2D eigenvalue weighted by molar-refractivity contribution is 0.303. The van der Waals surface area contributed by atoms with E-state index < -0.39 is 0 Å². The maximum Gasteiger partial charge on any atom is 0.127 e. The number of hydrogen-bond donors (Lipinski definition) is 0. The van der Waals surface area contributed by atoms with Crippen LogP contribution in [0.25, 0.3) is 0 Å². The van der Waals surface area contributed by atoms with Crippen LogP contribution in [0.2, 0.25) is 0 Å². The molecule has 0 radical (unpaired) electrons. The number of hydrogen-bond acceptors (Lipinski definition) is 1. The minimum atomic E-state index is -0.233. The maximum atomic E-state index is 13.2. The first kappa shape index (κ1) is 14.5. The predicted octanol–water partition coefficient (Wildman–Crippen LogP) is 5.07. The minimum Gasteiger partial charge on any atom is -0.493 e. The summed E-state index contributed by atoms with van der Waals surface area (Å²) in [5.74, 6) is 0.401. The molecule has 1 aromatic carbocycles. The Balaban J connectivity index is 2.28. The Morgan fingerprint density at radius 1 is 1.12 bits per heavy atom. The zero-order chi connectivity index (χ0) is 12.5. The molecular weight excluding hydrogens is 283 g/mol. The molecule has 0 atom stereocenters. The Kier molecular flexibility index (Phi) is 7.25. The fourth-order valence-corrected chi connectivity index (χ4v) is 2.00. The van der Waals surface area contributed by atoms with Crippen LogP contribution >= 0.6 is 15.9 Å². The van der Waals surface area contributed by atoms with Crippen LogP contribution in [0.1, 0.15) is 44.6 Å². The first-order valence-corrected chi connectivity index (χ1v) is 7.36. The van der Waals surface area contributed by atoms with Gasteiger partial charge in [-0.2, -0.15) is 0 Å². The van der Waals surface area contributed by atoms with Crippen molar-refractivity contribution in [2.45, 2.75) is 44.4 Å². The van der Waals surface area contributed by atoms with Gasteiger partial charge in [0.05, 0.1) is 6.61 Å². The Hall–Kier alpha value is -0.570. The van der Waals surface area contributed by atoms with Crippen LogP contribution in [0.4, 0.5) is 4.39 Å². The van der Waals surface area contributed by atoms with Crippen molar-refractivity contribution in [1.29, 1.82) is 0 Å². The van der Waals surface area contributed by atoms with Gasteiger partial charge in [0.2, 0.25) is 0 Å². The summed E-state index contributed by atoms with van der Waals surface area (Å²) >= 11 is 3.31. The van der Waals surface area contributed by atoms with E-state index >= 15 is 0 Å². The number of rotatable bonds is 8. The van der Waals surface area contributed by atoms with Crippen molar-refractivity contribution in [1.82, 2.24) is 0 Å². The van der Waals surface area contributed by atoms with Crippen molar-refractivity contribution in [3.63, 3.8) is 0 Å². The molecule has 0 aromatic heterocycles. The number of benzene rings is 1. The van der Waals surface area contributed by atoms with Crippen molar-refractivity contribution >= 4 is 15.9 Å². The number of ether oxygens (including phenoxy) is 1. The van der Waals surface area contributed by atoms with Crippen molar-refractivity contribution in [2.24, 2.45) is 0 Å². The van der Waals surface area contributed by atoms with Crippen LogP contribution < -0.4 is 4.74 Å².